The maximum atomic E-state index is 6.91. The molecule has 0 atom stereocenters. The Morgan fingerprint density at radius 1 is 0.568 bits per heavy atom. The van der Waals surface area contributed by atoms with Crippen LogP contribution in [0, 0.1) is 0 Å². The van der Waals surface area contributed by atoms with Crippen molar-refractivity contribution in [1.29, 1.82) is 0 Å². The van der Waals surface area contributed by atoms with Crippen LogP contribution in [0.2, 0.25) is 0 Å². The summed E-state index contributed by atoms with van der Waals surface area (Å²) in [6.45, 7) is -0.00963. The molecule has 1 aliphatic carbocycles. The van der Waals surface area contributed by atoms with E-state index in [9.17, 15) is 0 Å². The van der Waals surface area contributed by atoms with Gasteiger partial charge in [0.05, 0.1) is 17.0 Å². The van der Waals surface area contributed by atoms with Crippen LogP contribution in [0.1, 0.15) is 11.1 Å². The fourth-order valence-corrected chi connectivity index (χ4v) is 7.78. The Hall–Kier alpha value is -5.48. The quantitative estimate of drug-likeness (QED) is 0.202. The first-order chi connectivity index (χ1) is 21.9. The molecule has 6 aromatic carbocycles. The topological polar surface area (TPSA) is 19.6 Å². The molecule has 2 aliphatic heterocycles. The summed E-state index contributed by atoms with van der Waals surface area (Å²) < 4.78 is 6.91. The third-order valence-electron chi connectivity index (χ3n) is 9.73. The number of fused-ring (bicyclic) bond motifs is 8. The van der Waals surface area contributed by atoms with Crippen LogP contribution >= 0.6 is 0 Å². The Kier molecular flexibility index (Phi) is 4.92. The summed E-state index contributed by atoms with van der Waals surface area (Å²) in [5, 5.41) is 1.16. The highest BCUT2D eigenvalue weighted by Gasteiger charge is 2.48. The average Bonchev–Trinajstić information content (AvgIpc) is 3.46. The summed E-state index contributed by atoms with van der Waals surface area (Å²) in [6.07, 6.45) is 2.18. The van der Waals surface area contributed by atoms with Gasteiger partial charge in [-0.1, -0.05) is 97.1 Å². The van der Waals surface area contributed by atoms with E-state index in [2.05, 4.69) is 149 Å². The van der Waals surface area contributed by atoms with Gasteiger partial charge < -0.3 is 14.2 Å². The van der Waals surface area contributed by atoms with Crippen LogP contribution < -0.4 is 26.4 Å². The first kappa shape index (κ1) is 24.0. The minimum atomic E-state index is -0.00963. The van der Waals surface area contributed by atoms with Crippen molar-refractivity contribution in [2.24, 2.45) is 0 Å². The molecule has 0 fully saturated rings. The lowest BCUT2D eigenvalue weighted by Crippen LogP contribution is -2.61. The molecule has 206 valence electrons. The van der Waals surface area contributed by atoms with Gasteiger partial charge in [-0.05, 0) is 82.9 Å². The predicted molar refractivity (Wildman–Crippen MR) is 183 cm³/mol. The van der Waals surface area contributed by atoms with Gasteiger partial charge in [0.2, 0.25) is 0 Å². The zero-order valence-corrected chi connectivity index (χ0v) is 24.1. The molecule has 7 aromatic rings. The summed E-state index contributed by atoms with van der Waals surface area (Å²) in [5.74, 6) is 0. The van der Waals surface area contributed by atoms with Gasteiger partial charge >= 0.3 is 0 Å². The van der Waals surface area contributed by atoms with Crippen LogP contribution in [0.5, 0.6) is 0 Å². The minimum absolute atomic E-state index is 0.00963. The van der Waals surface area contributed by atoms with E-state index in [1.807, 2.05) is 0 Å². The van der Waals surface area contributed by atoms with Gasteiger partial charge in [-0.2, -0.15) is 0 Å². The van der Waals surface area contributed by atoms with Gasteiger partial charge in [0.25, 0.3) is 6.71 Å². The fourth-order valence-electron chi connectivity index (χ4n) is 7.78. The molecular formula is C40H27BN2O. The number of hydrogen-bond donors (Lipinski definition) is 0. The molecule has 3 nitrogen and oxygen atoms in total. The number of aryl methyl sites for hydroxylation is 1. The molecule has 0 spiro atoms. The number of hydrogen-bond acceptors (Lipinski definition) is 3. The summed E-state index contributed by atoms with van der Waals surface area (Å²) in [4.78, 5) is 5.02. The van der Waals surface area contributed by atoms with Crippen LogP contribution in [0.3, 0.4) is 0 Å². The lowest BCUT2D eigenvalue weighted by Gasteiger charge is -2.45. The maximum Gasteiger partial charge on any atom is 0.297 e. The number of para-hydroxylation sites is 4. The van der Waals surface area contributed by atoms with E-state index in [0.717, 1.165) is 35.2 Å². The third kappa shape index (κ3) is 3.17. The zero-order valence-electron chi connectivity index (χ0n) is 24.1. The lowest BCUT2D eigenvalue weighted by atomic mass is 9.35. The molecule has 4 heteroatoms. The van der Waals surface area contributed by atoms with Crippen LogP contribution in [0.15, 0.2) is 144 Å². The highest BCUT2D eigenvalue weighted by molar-refractivity contribution is 7.00. The monoisotopic (exact) mass is 562 g/mol. The highest BCUT2D eigenvalue weighted by Crippen LogP contribution is 2.51. The van der Waals surface area contributed by atoms with Crippen LogP contribution in [-0.4, -0.2) is 6.71 Å². The van der Waals surface area contributed by atoms with E-state index in [4.69, 9.17) is 4.42 Å². The molecule has 0 unspecified atom stereocenters. The van der Waals surface area contributed by atoms with Crippen LogP contribution in [0.4, 0.5) is 34.1 Å². The Morgan fingerprint density at radius 2 is 1.27 bits per heavy atom. The van der Waals surface area contributed by atoms with Crippen molar-refractivity contribution in [3.8, 4) is 11.1 Å². The molecule has 0 saturated heterocycles. The van der Waals surface area contributed by atoms with Gasteiger partial charge in [-0.3, -0.25) is 0 Å². The molecule has 0 saturated carbocycles. The summed E-state index contributed by atoms with van der Waals surface area (Å²) in [6, 6.07) is 50.4. The molecule has 44 heavy (non-hydrogen) atoms. The fraction of sp³-hybridized carbons (Fsp3) is 0.0500. The van der Waals surface area contributed by atoms with Crippen molar-refractivity contribution < 1.29 is 4.42 Å². The second kappa shape index (κ2) is 9.01. The van der Waals surface area contributed by atoms with Crippen molar-refractivity contribution in [3.05, 3.63) is 151 Å². The Bertz CT molecular complexity index is 2260. The first-order valence-electron chi connectivity index (χ1n) is 15.5. The molecule has 0 N–H and O–H groups in total. The first-order valence-corrected chi connectivity index (χ1v) is 15.5. The largest absolute Gasteiger partial charge is 0.468 e. The lowest BCUT2D eigenvalue weighted by molar-refractivity contribution is 0.651. The molecule has 3 aliphatic rings. The van der Waals surface area contributed by atoms with Crippen LogP contribution in [-0.2, 0) is 12.8 Å². The van der Waals surface area contributed by atoms with E-state index in [1.165, 1.54) is 61.6 Å². The zero-order chi connectivity index (χ0) is 28.8. The molecule has 0 amide bonds. The number of benzene rings is 6. The minimum Gasteiger partial charge on any atom is -0.468 e. The highest BCUT2D eigenvalue weighted by atomic mass is 16.3. The number of anilines is 6. The van der Waals surface area contributed by atoms with Gasteiger partial charge in [0.1, 0.15) is 5.58 Å². The standard InChI is InChI=1S/C40H27BN2O/c1-3-13-26(14-4-1)29-17-7-10-20-33(29)43-34-21-11-9-19-32(34)41-37-35(43)25-27-23-24-30(27)38(37)42(28-15-5-2-6-16-28)39-31-18-8-12-22-36(31)44-40(39)41/h1-22,25H,23-24H2. The SMILES string of the molecule is c1ccc(-c2ccccc2N2c3ccccc3B3c4oc5ccccc5c4N(c4ccccc4)c4c5c(cc2c43)CC5)cc1. The second-order valence-corrected chi connectivity index (χ2v) is 12.0. The van der Waals surface area contributed by atoms with Crippen molar-refractivity contribution in [3.63, 3.8) is 0 Å². The van der Waals surface area contributed by atoms with Gasteiger partial charge in [-0.15, -0.1) is 0 Å². The van der Waals surface area contributed by atoms with Crippen molar-refractivity contribution in [2.75, 3.05) is 9.80 Å². The summed E-state index contributed by atoms with van der Waals surface area (Å²) in [7, 11) is 0. The molecule has 3 heterocycles. The van der Waals surface area contributed by atoms with Gasteiger partial charge in [0.15, 0.2) is 0 Å². The molecule has 1 aromatic heterocycles. The second-order valence-electron chi connectivity index (χ2n) is 12.0. The normalized spacial score (nSPS) is 14.0. The van der Waals surface area contributed by atoms with Crippen LogP contribution in [0.25, 0.3) is 22.1 Å². The maximum absolute atomic E-state index is 6.91. The molecule has 0 bridgehead atoms. The van der Waals surface area contributed by atoms with E-state index in [1.54, 1.807) is 0 Å². The summed E-state index contributed by atoms with van der Waals surface area (Å²) >= 11 is 0. The molecule has 10 rings (SSSR count). The van der Waals surface area contributed by atoms with Crippen molar-refractivity contribution in [1.82, 2.24) is 0 Å². The average molecular weight is 562 g/mol. The third-order valence-corrected chi connectivity index (χ3v) is 9.73. The molecular weight excluding hydrogens is 535 g/mol. The Labute approximate surface area is 256 Å². The van der Waals surface area contributed by atoms with Crippen molar-refractivity contribution >= 4 is 68.4 Å². The smallest absolute Gasteiger partial charge is 0.297 e. The van der Waals surface area contributed by atoms with E-state index in [0.29, 0.717) is 0 Å². The predicted octanol–water partition coefficient (Wildman–Crippen LogP) is 8.28. The Balaban J connectivity index is 1.34. The van der Waals surface area contributed by atoms with E-state index < -0.39 is 0 Å². The summed E-state index contributed by atoms with van der Waals surface area (Å²) in [5.41, 5.74) is 17.2. The number of furan rings is 1. The Morgan fingerprint density at radius 3 is 2.09 bits per heavy atom. The van der Waals surface area contributed by atoms with E-state index in [-0.39, 0.29) is 6.71 Å². The number of rotatable bonds is 3. The molecule has 0 radical (unpaired) electrons. The van der Waals surface area contributed by atoms with Gasteiger partial charge in [-0.25, -0.2) is 0 Å². The van der Waals surface area contributed by atoms with Gasteiger partial charge in [0, 0.05) is 33.7 Å². The van der Waals surface area contributed by atoms with Crippen molar-refractivity contribution in [2.45, 2.75) is 12.8 Å². The number of nitrogens with zero attached hydrogens (tertiary/aromatic N) is 2. The van der Waals surface area contributed by atoms with E-state index >= 15 is 0 Å².